The van der Waals surface area contributed by atoms with Crippen LogP contribution in [0.15, 0.2) is 209 Å². The van der Waals surface area contributed by atoms with Crippen molar-refractivity contribution >= 4 is 71.7 Å². The SMILES string of the molecule is c1ccc(-c2ccc(N(c3ccc4oc5c(-c6ccc7ccccc7c6)c6c(cc5c4c3)oc3ccccc36)c3ccccc3-c3ccccc3)cc2)cc1. The van der Waals surface area contributed by atoms with Gasteiger partial charge in [-0.05, 0) is 87.6 Å². The summed E-state index contributed by atoms with van der Waals surface area (Å²) in [4.78, 5) is 2.36. The van der Waals surface area contributed by atoms with Crippen molar-refractivity contribution in [3.8, 4) is 33.4 Å². The molecule has 11 aromatic rings. The average Bonchev–Trinajstić information content (AvgIpc) is 3.81. The molecule has 2 aromatic heterocycles. The number of fused-ring (bicyclic) bond motifs is 7. The van der Waals surface area contributed by atoms with Crippen LogP contribution in [0.2, 0.25) is 0 Å². The van der Waals surface area contributed by atoms with Crippen molar-refractivity contribution in [2.45, 2.75) is 0 Å². The number of furan rings is 2. The van der Waals surface area contributed by atoms with E-state index in [2.05, 4.69) is 193 Å². The molecule has 2 heterocycles. The minimum absolute atomic E-state index is 0.827. The fourth-order valence-electron chi connectivity index (χ4n) is 8.25. The summed E-state index contributed by atoms with van der Waals surface area (Å²) < 4.78 is 13.5. The number of hydrogen-bond acceptors (Lipinski definition) is 3. The van der Waals surface area contributed by atoms with Crippen LogP contribution in [0.3, 0.4) is 0 Å². The topological polar surface area (TPSA) is 29.5 Å². The smallest absolute Gasteiger partial charge is 0.144 e. The summed E-state index contributed by atoms with van der Waals surface area (Å²) in [6.45, 7) is 0. The molecule has 0 N–H and O–H groups in total. The number of hydrogen-bond donors (Lipinski definition) is 0. The lowest BCUT2D eigenvalue weighted by Crippen LogP contribution is -2.11. The molecule has 9 aromatic carbocycles. The zero-order valence-corrected chi connectivity index (χ0v) is 29.8. The van der Waals surface area contributed by atoms with Crippen molar-refractivity contribution in [1.82, 2.24) is 0 Å². The minimum Gasteiger partial charge on any atom is -0.456 e. The molecule has 0 saturated heterocycles. The van der Waals surface area contributed by atoms with Crippen molar-refractivity contribution in [1.29, 1.82) is 0 Å². The van der Waals surface area contributed by atoms with E-state index < -0.39 is 0 Å². The first kappa shape index (κ1) is 31.2. The van der Waals surface area contributed by atoms with Gasteiger partial charge in [0.05, 0.1) is 5.69 Å². The van der Waals surface area contributed by atoms with Crippen molar-refractivity contribution in [3.05, 3.63) is 200 Å². The summed E-state index contributed by atoms with van der Waals surface area (Å²) in [7, 11) is 0. The third kappa shape index (κ3) is 5.20. The van der Waals surface area contributed by atoms with Gasteiger partial charge in [0.2, 0.25) is 0 Å². The molecule has 11 rings (SSSR count). The maximum atomic E-state index is 6.92. The molecule has 0 saturated carbocycles. The zero-order valence-electron chi connectivity index (χ0n) is 29.8. The molecule has 0 aliphatic heterocycles. The van der Waals surface area contributed by atoms with Gasteiger partial charge < -0.3 is 13.7 Å². The van der Waals surface area contributed by atoms with Crippen LogP contribution < -0.4 is 4.90 Å². The van der Waals surface area contributed by atoms with Crippen molar-refractivity contribution in [3.63, 3.8) is 0 Å². The number of para-hydroxylation sites is 2. The second-order valence-corrected chi connectivity index (χ2v) is 14.1. The Morgan fingerprint density at radius 1 is 0.345 bits per heavy atom. The predicted octanol–water partition coefficient (Wildman–Crippen LogP) is 15.1. The lowest BCUT2D eigenvalue weighted by Gasteiger charge is -2.28. The molecule has 0 fully saturated rings. The summed E-state index contributed by atoms with van der Waals surface area (Å²) in [6.07, 6.45) is 0. The Kier molecular flexibility index (Phi) is 7.17. The van der Waals surface area contributed by atoms with E-state index >= 15 is 0 Å². The van der Waals surface area contributed by atoms with Gasteiger partial charge in [-0.3, -0.25) is 0 Å². The molecule has 0 aliphatic rings. The van der Waals surface area contributed by atoms with E-state index in [1.807, 2.05) is 12.1 Å². The van der Waals surface area contributed by atoms with Crippen LogP contribution in [-0.4, -0.2) is 0 Å². The molecule has 3 nitrogen and oxygen atoms in total. The zero-order chi connectivity index (χ0) is 36.3. The second kappa shape index (κ2) is 12.6. The van der Waals surface area contributed by atoms with E-state index in [9.17, 15) is 0 Å². The highest BCUT2D eigenvalue weighted by atomic mass is 16.3. The fraction of sp³-hybridized carbons (Fsp3) is 0. The maximum Gasteiger partial charge on any atom is 0.144 e. The fourth-order valence-corrected chi connectivity index (χ4v) is 8.25. The summed E-state index contributed by atoms with van der Waals surface area (Å²) in [5, 5.41) is 6.57. The standard InChI is InChI=1S/C52H33NO2/c1-3-13-34(14-4-1)36-25-27-40(28-26-36)53(46-21-11-9-19-42(46)37-16-5-2-6-17-37)41-29-30-48-44(32-41)45-33-49-51(43-20-10-12-22-47(43)54-49)50(52(45)55-48)39-24-23-35-15-7-8-18-38(35)31-39/h1-33H. The largest absolute Gasteiger partial charge is 0.456 e. The monoisotopic (exact) mass is 703 g/mol. The first-order valence-electron chi connectivity index (χ1n) is 18.7. The second-order valence-electron chi connectivity index (χ2n) is 14.1. The summed E-state index contributed by atoms with van der Waals surface area (Å²) >= 11 is 0. The van der Waals surface area contributed by atoms with Crippen LogP contribution >= 0.6 is 0 Å². The van der Waals surface area contributed by atoms with Crippen molar-refractivity contribution in [2.24, 2.45) is 0 Å². The molecule has 55 heavy (non-hydrogen) atoms. The van der Waals surface area contributed by atoms with Gasteiger partial charge in [-0.25, -0.2) is 0 Å². The highest BCUT2D eigenvalue weighted by Gasteiger charge is 2.23. The van der Waals surface area contributed by atoms with E-state index in [1.165, 1.54) is 21.9 Å². The van der Waals surface area contributed by atoms with Gasteiger partial charge in [-0.1, -0.05) is 146 Å². The molecule has 0 aliphatic carbocycles. The molecule has 258 valence electrons. The van der Waals surface area contributed by atoms with Gasteiger partial charge in [0.25, 0.3) is 0 Å². The van der Waals surface area contributed by atoms with Gasteiger partial charge in [0.1, 0.15) is 22.3 Å². The molecule has 0 spiro atoms. The van der Waals surface area contributed by atoms with Gasteiger partial charge >= 0.3 is 0 Å². The third-order valence-electron chi connectivity index (χ3n) is 10.8. The van der Waals surface area contributed by atoms with E-state index in [1.54, 1.807) is 0 Å². The lowest BCUT2D eigenvalue weighted by molar-refractivity contribution is 0.664. The number of anilines is 3. The molecule has 0 radical (unpaired) electrons. The minimum atomic E-state index is 0.827. The van der Waals surface area contributed by atoms with Crippen LogP contribution in [0.4, 0.5) is 17.1 Å². The van der Waals surface area contributed by atoms with Crippen LogP contribution in [0.1, 0.15) is 0 Å². The van der Waals surface area contributed by atoms with E-state index in [-0.39, 0.29) is 0 Å². The highest BCUT2D eigenvalue weighted by molar-refractivity contribution is 6.24. The molecule has 0 amide bonds. The molecule has 0 atom stereocenters. The van der Waals surface area contributed by atoms with Crippen LogP contribution in [0.25, 0.3) is 88.0 Å². The molecular weight excluding hydrogens is 671 g/mol. The Labute approximate surface area is 317 Å². The Hall–Kier alpha value is -7.36. The first-order chi connectivity index (χ1) is 27.3. The van der Waals surface area contributed by atoms with E-state index in [0.29, 0.717) is 0 Å². The normalized spacial score (nSPS) is 11.6. The number of benzene rings is 9. The number of nitrogens with zero attached hydrogens (tertiary/aromatic N) is 1. The maximum absolute atomic E-state index is 6.92. The Balaban J connectivity index is 1.16. The lowest BCUT2D eigenvalue weighted by atomic mass is 9.95. The Morgan fingerprint density at radius 3 is 1.82 bits per heavy atom. The molecular formula is C52H33NO2. The van der Waals surface area contributed by atoms with Crippen LogP contribution in [-0.2, 0) is 0 Å². The van der Waals surface area contributed by atoms with E-state index in [0.717, 1.165) is 83.2 Å². The molecule has 3 heteroatoms. The summed E-state index contributed by atoms with van der Waals surface area (Å²) in [5.41, 5.74) is 13.4. The Morgan fingerprint density at radius 2 is 0.982 bits per heavy atom. The summed E-state index contributed by atoms with van der Waals surface area (Å²) in [6, 6.07) is 70.8. The van der Waals surface area contributed by atoms with Crippen LogP contribution in [0.5, 0.6) is 0 Å². The predicted molar refractivity (Wildman–Crippen MR) is 229 cm³/mol. The molecule has 0 bridgehead atoms. The quantitative estimate of drug-likeness (QED) is 0.173. The van der Waals surface area contributed by atoms with Crippen LogP contribution in [0, 0.1) is 0 Å². The van der Waals surface area contributed by atoms with Crippen molar-refractivity contribution < 1.29 is 8.83 Å². The summed E-state index contributed by atoms with van der Waals surface area (Å²) in [5.74, 6) is 0. The Bertz CT molecular complexity index is 3190. The van der Waals surface area contributed by atoms with Crippen molar-refractivity contribution in [2.75, 3.05) is 4.90 Å². The third-order valence-corrected chi connectivity index (χ3v) is 10.8. The number of rotatable bonds is 6. The first-order valence-corrected chi connectivity index (χ1v) is 18.7. The van der Waals surface area contributed by atoms with Gasteiger partial charge in [-0.15, -0.1) is 0 Å². The van der Waals surface area contributed by atoms with E-state index in [4.69, 9.17) is 8.83 Å². The average molecular weight is 704 g/mol. The highest BCUT2D eigenvalue weighted by Crippen LogP contribution is 2.47. The molecule has 0 unspecified atom stereocenters. The van der Waals surface area contributed by atoms with Gasteiger partial charge in [-0.2, -0.15) is 0 Å². The van der Waals surface area contributed by atoms with Gasteiger partial charge in [0.15, 0.2) is 0 Å². The van der Waals surface area contributed by atoms with Gasteiger partial charge in [0, 0.05) is 44.0 Å².